The molecular formula is C15H17N3O6. The second kappa shape index (κ2) is 7.14. The molecule has 128 valence electrons. The molecule has 0 unspecified atom stereocenters. The molecule has 1 saturated heterocycles. The zero-order valence-corrected chi connectivity index (χ0v) is 13.2. The number of hydrogen-bond donors (Lipinski definition) is 1. The standard InChI is InChI=1S/C15H17N3O6/c1-4-10(22-8(2)19)14-11(23-9(3)20)7-13(24-14)18-6-5-12(16)17-15(18)21/h1,5-6,10-11,13-14H,7H2,2-3H3,(H2,16,17,21)/t10-,11-,13+,14+/m0/s1. The Labute approximate surface area is 137 Å². The Balaban J connectivity index is 2.29. The number of rotatable bonds is 4. The van der Waals surface area contributed by atoms with Crippen molar-refractivity contribution in [2.45, 2.75) is 44.8 Å². The molecule has 2 N–H and O–H groups in total. The van der Waals surface area contributed by atoms with E-state index in [1.54, 1.807) is 0 Å². The summed E-state index contributed by atoms with van der Waals surface area (Å²) in [7, 11) is 0. The summed E-state index contributed by atoms with van der Waals surface area (Å²) in [6.45, 7) is 2.43. The maximum atomic E-state index is 11.9. The van der Waals surface area contributed by atoms with Gasteiger partial charge in [-0.1, -0.05) is 5.92 Å². The van der Waals surface area contributed by atoms with Crippen molar-refractivity contribution >= 4 is 17.8 Å². The minimum Gasteiger partial charge on any atom is -0.459 e. The number of aromatic nitrogens is 2. The summed E-state index contributed by atoms with van der Waals surface area (Å²) in [4.78, 5) is 38.0. The molecule has 0 amide bonds. The van der Waals surface area contributed by atoms with Crippen molar-refractivity contribution in [1.29, 1.82) is 0 Å². The maximum absolute atomic E-state index is 11.9. The van der Waals surface area contributed by atoms with Gasteiger partial charge >= 0.3 is 17.6 Å². The van der Waals surface area contributed by atoms with Gasteiger partial charge in [0.1, 0.15) is 24.3 Å². The van der Waals surface area contributed by atoms with Gasteiger partial charge in [-0.15, -0.1) is 6.42 Å². The van der Waals surface area contributed by atoms with E-state index < -0.39 is 42.2 Å². The fraction of sp³-hybridized carbons (Fsp3) is 0.467. The molecule has 0 aromatic carbocycles. The lowest BCUT2D eigenvalue weighted by molar-refractivity contribution is -0.160. The van der Waals surface area contributed by atoms with Crippen LogP contribution in [0.3, 0.4) is 0 Å². The Hall–Kier alpha value is -2.86. The molecule has 1 aromatic rings. The Morgan fingerprint density at radius 3 is 2.75 bits per heavy atom. The van der Waals surface area contributed by atoms with Gasteiger partial charge in [-0.05, 0) is 6.07 Å². The van der Waals surface area contributed by atoms with Crippen LogP contribution in [0, 0.1) is 12.3 Å². The molecule has 24 heavy (non-hydrogen) atoms. The summed E-state index contributed by atoms with van der Waals surface area (Å²) in [5.41, 5.74) is 4.83. The number of nitrogens with zero attached hydrogens (tertiary/aromatic N) is 2. The van der Waals surface area contributed by atoms with E-state index in [0.717, 1.165) is 0 Å². The molecule has 1 aliphatic rings. The molecule has 1 aromatic heterocycles. The van der Waals surface area contributed by atoms with E-state index in [1.165, 1.54) is 30.7 Å². The number of carbonyl (C=O) groups is 2. The monoisotopic (exact) mass is 335 g/mol. The second-order valence-electron chi connectivity index (χ2n) is 5.18. The highest BCUT2D eigenvalue weighted by molar-refractivity contribution is 5.67. The van der Waals surface area contributed by atoms with Crippen molar-refractivity contribution < 1.29 is 23.8 Å². The number of nitrogen functional groups attached to an aromatic ring is 1. The zero-order chi connectivity index (χ0) is 17.9. The third kappa shape index (κ3) is 3.91. The third-order valence-electron chi connectivity index (χ3n) is 3.35. The first-order valence-electron chi connectivity index (χ1n) is 7.12. The van der Waals surface area contributed by atoms with Crippen LogP contribution in [0.15, 0.2) is 17.1 Å². The van der Waals surface area contributed by atoms with Crippen molar-refractivity contribution in [1.82, 2.24) is 9.55 Å². The smallest absolute Gasteiger partial charge is 0.351 e. The first kappa shape index (κ1) is 17.5. The summed E-state index contributed by atoms with van der Waals surface area (Å²) in [5, 5.41) is 0. The Bertz CT molecular complexity index is 737. The molecule has 0 spiro atoms. The van der Waals surface area contributed by atoms with E-state index in [2.05, 4.69) is 10.9 Å². The van der Waals surface area contributed by atoms with Crippen LogP contribution in [-0.2, 0) is 23.8 Å². The average Bonchev–Trinajstić information content (AvgIpc) is 2.87. The molecule has 9 nitrogen and oxygen atoms in total. The molecule has 1 aliphatic heterocycles. The normalized spacial score (nSPS) is 24.0. The largest absolute Gasteiger partial charge is 0.459 e. The van der Waals surface area contributed by atoms with Crippen molar-refractivity contribution in [3.8, 4) is 12.3 Å². The fourth-order valence-corrected chi connectivity index (χ4v) is 2.45. The zero-order valence-electron chi connectivity index (χ0n) is 13.2. The summed E-state index contributed by atoms with van der Waals surface area (Å²) in [5.74, 6) is 1.22. The van der Waals surface area contributed by atoms with E-state index in [1.807, 2.05) is 0 Å². The SMILES string of the molecule is C#C[C@H](OC(C)=O)[C@H]1O[C@@H](n2ccc(N)nc2=O)C[C@@H]1OC(C)=O. The highest BCUT2D eigenvalue weighted by Gasteiger charge is 2.44. The molecule has 0 bridgehead atoms. The maximum Gasteiger partial charge on any atom is 0.351 e. The van der Waals surface area contributed by atoms with Gasteiger partial charge in [-0.25, -0.2) is 4.79 Å². The van der Waals surface area contributed by atoms with E-state index in [9.17, 15) is 14.4 Å². The molecular weight excluding hydrogens is 318 g/mol. The first-order valence-corrected chi connectivity index (χ1v) is 7.12. The lowest BCUT2D eigenvalue weighted by Crippen LogP contribution is -2.39. The van der Waals surface area contributed by atoms with Gasteiger partial charge in [0.15, 0.2) is 6.10 Å². The van der Waals surface area contributed by atoms with Crippen LogP contribution in [0.2, 0.25) is 0 Å². The molecule has 2 heterocycles. The number of hydrogen-bond acceptors (Lipinski definition) is 8. The van der Waals surface area contributed by atoms with Crippen molar-refractivity contribution in [3.05, 3.63) is 22.7 Å². The molecule has 0 aliphatic carbocycles. The second-order valence-corrected chi connectivity index (χ2v) is 5.18. The van der Waals surface area contributed by atoms with E-state index in [0.29, 0.717) is 0 Å². The van der Waals surface area contributed by atoms with E-state index in [-0.39, 0.29) is 12.2 Å². The number of esters is 2. The highest BCUT2D eigenvalue weighted by atomic mass is 16.6. The first-order chi connectivity index (χ1) is 11.3. The van der Waals surface area contributed by atoms with Gasteiger partial charge in [0.25, 0.3) is 0 Å². The van der Waals surface area contributed by atoms with Gasteiger partial charge in [-0.2, -0.15) is 4.98 Å². The third-order valence-corrected chi connectivity index (χ3v) is 3.35. The van der Waals surface area contributed by atoms with Gasteiger partial charge in [-0.3, -0.25) is 14.2 Å². The summed E-state index contributed by atoms with van der Waals surface area (Å²) >= 11 is 0. The van der Waals surface area contributed by atoms with Crippen LogP contribution in [0.4, 0.5) is 5.82 Å². The van der Waals surface area contributed by atoms with Gasteiger partial charge in [0.05, 0.1) is 0 Å². The van der Waals surface area contributed by atoms with Crippen molar-refractivity contribution in [2.75, 3.05) is 5.73 Å². The Morgan fingerprint density at radius 2 is 2.21 bits per heavy atom. The summed E-state index contributed by atoms with van der Waals surface area (Å²) in [6, 6.07) is 1.43. The molecule has 9 heteroatoms. The number of terminal acetylenes is 1. The Kier molecular flexibility index (Phi) is 5.21. The number of nitrogens with two attached hydrogens (primary N) is 1. The van der Waals surface area contributed by atoms with Gasteiger partial charge in [0, 0.05) is 26.5 Å². The van der Waals surface area contributed by atoms with Gasteiger partial charge < -0.3 is 19.9 Å². The number of carbonyl (C=O) groups excluding carboxylic acids is 2. The van der Waals surface area contributed by atoms with Crippen LogP contribution < -0.4 is 11.4 Å². The van der Waals surface area contributed by atoms with E-state index in [4.69, 9.17) is 26.4 Å². The predicted molar refractivity (Wildman–Crippen MR) is 81.4 cm³/mol. The predicted octanol–water partition coefficient (Wildman–Crippen LogP) is -0.390. The number of ether oxygens (including phenoxy) is 3. The highest BCUT2D eigenvalue weighted by Crippen LogP contribution is 2.32. The van der Waals surface area contributed by atoms with Crippen LogP contribution >= 0.6 is 0 Å². The van der Waals surface area contributed by atoms with Crippen molar-refractivity contribution in [2.24, 2.45) is 0 Å². The van der Waals surface area contributed by atoms with Crippen molar-refractivity contribution in [3.63, 3.8) is 0 Å². The van der Waals surface area contributed by atoms with E-state index >= 15 is 0 Å². The van der Waals surface area contributed by atoms with Gasteiger partial charge in [0.2, 0.25) is 0 Å². The summed E-state index contributed by atoms with van der Waals surface area (Å²) in [6.07, 6.45) is 3.41. The minimum absolute atomic E-state index is 0.0729. The molecule has 0 saturated carbocycles. The quantitative estimate of drug-likeness (QED) is 0.583. The van der Waals surface area contributed by atoms with Crippen LogP contribution in [0.25, 0.3) is 0 Å². The van der Waals surface area contributed by atoms with Crippen LogP contribution in [0.5, 0.6) is 0 Å². The fourth-order valence-electron chi connectivity index (χ4n) is 2.45. The molecule has 2 rings (SSSR count). The molecule has 0 radical (unpaired) electrons. The van der Waals surface area contributed by atoms with Crippen LogP contribution in [-0.4, -0.2) is 39.8 Å². The molecule has 1 fully saturated rings. The summed E-state index contributed by atoms with van der Waals surface area (Å²) < 4.78 is 17.1. The lowest BCUT2D eigenvalue weighted by Gasteiger charge is -2.23. The average molecular weight is 335 g/mol. The topological polar surface area (TPSA) is 123 Å². The Morgan fingerprint density at radius 1 is 1.50 bits per heavy atom. The molecule has 4 atom stereocenters. The number of anilines is 1. The lowest BCUT2D eigenvalue weighted by atomic mass is 10.1. The minimum atomic E-state index is -1.06. The van der Waals surface area contributed by atoms with Crippen LogP contribution in [0.1, 0.15) is 26.5 Å².